The summed E-state index contributed by atoms with van der Waals surface area (Å²) in [5, 5.41) is 6.79. The van der Waals surface area contributed by atoms with Gasteiger partial charge in [0.15, 0.2) is 0 Å². The SMILES string of the molecule is c1ccc(-c2ccc(-c3cc(-c4ccc5ccccc5c4)nc4c3ccc3c(-c5ccc(-c6ccccn6)cc5)cc(-c5cccc6ccccc56)nc34)cc2)nc1. The fraction of sp³-hybridized carbons (Fsp3) is 0. The van der Waals surface area contributed by atoms with Gasteiger partial charge in [0, 0.05) is 45.4 Å². The highest BCUT2D eigenvalue weighted by Gasteiger charge is 2.19. The molecule has 11 rings (SSSR count). The van der Waals surface area contributed by atoms with Crippen molar-refractivity contribution in [1.82, 2.24) is 19.9 Å². The molecular weight excluding hydrogens is 705 g/mol. The van der Waals surface area contributed by atoms with Crippen LogP contribution >= 0.6 is 0 Å². The van der Waals surface area contributed by atoms with Gasteiger partial charge in [-0.3, -0.25) is 9.97 Å². The molecule has 4 aromatic heterocycles. The van der Waals surface area contributed by atoms with Crippen molar-refractivity contribution in [2.24, 2.45) is 0 Å². The molecule has 0 saturated carbocycles. The summed E-state index contributed by atoms with van der Waals surface area (Å²) in [6.07, 6.45) is 3.67. The van der Waals surface area contributed by atoms with Crippen LogP contribution in [0.5, 0.6) is 0 Å². The van der Waals surface area contributed by atoms with Crippen molar-refractivity contribution in [3.63, 3.8) is 0 Å². The second-order valence-electron chi connectivity index (χ2n) is 14.6. The van der Waals surface area contributed by atoms with Crippen molar-refractivity contribution in [1.29, 1.82) is 0 Å². The van der Waals surface area contributed by atoms with Crippen molar-refractivity contribution < 1.29 is 0 Å². The molecule has 0 aliphatic heterocycles. The van der Waals surface area contributed by atoms with Crippen LogP contribution in [0.25, 0.3) is 111 Å². The van der Waals surface area contributed by atoms with Crippen LogP contribution in [0.15, 0.2) is 207 Å². The van der Waals surface area contributed by atoms with Crippen molar-refractivity contribution in [2.45, 2.75) is 0 Å². The highest BCUT2D eigenvalue weighted by Crippen LogP contribution is 2.41. The second kappa shape index (κ2) is 14.0. The Labute approximate surface area is 335 Å². The van der Waals surface area contributed by atoms with Gasteiger partial charge in [-0.15, -0.1) is 0 Å². The Balaban J connectivity index is 1.19. The van der Waals surface area contributed by atoms with Gasteiger partial charge in [-0.2, -0.15) is 0 Å². The van der Waals surface area contributed by atoms with Crippen LogP contribution in [-0.4, -0.2) is 19.9 Å². The highest BCUT2D eigenvalue weighted by molar-refractivity contribution is 6.14. The first kappa shape index (κ1) is 33.5. The molecule has 58 heavy (non-hydrogen) atoms. The van der Waals surface area contributed by atoms with Gasteiger partial charge in [-0.1, -0.05) is 152 Å². The molecule has 0 atom stereocenters. The van der Waals surface area contributed by atoms with Gasteiger partial charge in [0.05, 0.1) is 33.8 Å². The van der Waals surface area contributed by atoms with E-state index in [0.29, 0.717) is 0 Å². The molecule has 0 radical (unpaired) electrons. The zero-order valence-corrected chi connectivity index (χ0v) is 31.4. The second-order valence-corrected chi connectivity index (χ2v) is 14.6. The Kier molecular flexibility index (Phi) is 8.11. The standard InChI is InChI=1S/C54H34N4/c1-2-12-41-32-42(27-18-35(41)10-1)51-33-47(37-19-23-39(24-20-37)49-16-5-7-30-55-49)45-28-29-46-48(38-21-25-40(26-22-38)50-17-6-8-31-56-50)34-52(58-54(46)53(45)57-51)44-15-9-13-36-11-3-4-14-43(36)44/h1-34H. The molecule has 4 heterocycles. The third kappa shape index (κ3) is 5.96. The summed E-state index contributed by atoms with van der Waals surface area (Å²) in [6, 6.07) is 68.5. The van der Waals surface area contributed by atoms with Crippen molar-refractivity contribution in [3.05, 3.63) is 207 Å². The van der Waals surface area contributed by atoms with E-state index in [1.165, 1.54) is 16.2 Å². The summed E-state index contributed by atoms with van der Waals surface area (Å²) in [4.78, 5) is 20.3. The van der Waals surface area contributed by atoms with Crippen molar-refractivity contribution in [3.8, 4) is 67.3 Å². The number of rotatable bonds is 6. The lowest BCUT2D eigenvalue weighted by Gasteiger charge is -2.16. The zero-order valence-electron chi connectivity index (χ0n) is 31.4. The molecule has 7 aromatic carbocycles. The van der Waals surface area contributed by atoms with Crippen LogP contribution in [0.3, 0.4) is 0 Å². The number of hydrogen-bond donors (Lipinski definition) is 0. The predicted octanol–water partition coefficient (Wildman–Crippen LogP) is 13.9. The fourth-order valence-corrected chi connectivity index (χ4v) is 8.24. The number of aromatic nitrogens is 4. The molecular formula is C54H34N4. The van der Waals surface area contributed by atoms with E-state index in [0.717, 1.165) is 94.5 Å². The average molecular weight is 739 g/mol. The first-order valence-electron chi connectivity index (χ1n) is 19.5. The molecule has 11 aromatic rings. The topological polar surface area (TPSA) is 51.6 Å². The maximum atomic E-state index is 5.57. The molecule has 0 N–H and O–H groups in total. The Hall–Kier alpha value is -7.82. The van der Waals surface area contributed by atoms with Crippen LogP contribution in [0, 0.1) is 0 Å². The van der Waals surface area contributed by atoms with E-state index < -0.39 is 0 Å². The monoisotopic (exact) mass is 738 g/mol. The Morgan fingerprint density at radius 3 is 1.38 bits per heavy atom. The van der Waals surface area contributed by atoms with Crippen LogP contribution in [0.1, 0.15) is 0 Å². The maximum absolute atomic E-state index is 5.57. The van der Waals surface area contributed by atoms with Gasteiger partial charge < -0.3 is 0 Å². The van der Waals surface area contributed by atoms with Gasteiger partial charge >= 0.3 is 0 Å². The minimum atomic E-state index is 0.861. The predicted molar refractivity (Wildman–Crippen MR) is 240 cm³/mol. The van der Waals surface area contributed by atoms with Gasteiger partial charge in [0.2, 0.25) is 0 Å². The molecule has 0 fully saturated rings. The smallest absolute Gasteiger partial charge is 0.0978 e. The lowest BCUT2D eigenvalue weighted by atomic mass is 9.92. The highest BCUT2D eigenvalue weighted by atomic mass is 14.8. The molecule has 0 aliphatic carbocycles. The normalized spacial score (nSPS) is 11.4. The first-order valence-corrected chi connectivity index (χ1v) is 19.5. The maximum Gasteiger partial charge on any atom is 0.0978 e. The Morgan fingerprint density at radius 2 is 0.759 bits per heavy atom. The van der Waals surface area contributed by atoms with Gasteiger partial charge in [-0.25, -0.2) is 9.97 Å². The number of nitrogens with zero attached hydrogens (tertiary/aromatic N) is 4. The van der Waals surface area contributed by atoms with E-state index in [9.17, 15) is 0 Å². The molecule has 0 spiro atoms. The van der Waals surface area contributed by atoms with Gasteiger partial charge in [0.1, 0.15) is 0 Å². The third-order valence-electron chi connectivity index (χ3n) is 11.2. The van der Waals surface area contributed by atoms with Crippen LogP contribution in [-0.2, 0) is 0 Å². The van der Waals surface area contributed by atoms with E-state index in [1.54, 1.807) is 0 Å². The van der Waals surface area contributed by atoms with Crippen molar-refractivity contribution in [2.75, 3.05) is 0 Å². The summed E-state index contributed by atoms with van der Waals surface area (Å²) in [5.74, 6) is 0. The molecule has 0 aliphatic rings. The van der Waals surface area contributed by atoms with Crippen LogP contribution < -0.4 is 0 Å². The lowest BCUT2D eigenvalue weighted by Crippen LogP contribution is -1.96. The number of benzene rings is 7. The third-order valence-corrected chi connectivity index (χ3v) is 11.2. The zero-order chi connectivity index (χ0) is 38.4. The van der Waals surface area contributed by atoms with Gasteiger partial charge in [-0.05, 0) is 86.3 Å². The van der Waals surface area contributed by atoms with Gasteiger partial charge in [0.25, 0.3) is 0 Å². The first-order chi connectivity index (χ1) is 28.7. The summed E-state index contributed by atoms with van der Waals surface area (Å²) < 4.78 is 0. The van der Waals surface area contributed by atoms with Crippen LogP contribution in [0.4, 0.5) is 0 Å². The fourth-order valence-electron chi connectivity index (χ4n) is 8.24. The summed E-state index contributed by atoms with van der Waals surface area (Å²) in [6.45, 7) is 0. The molecule has 4 nitrogen and oxygen atoms in total. The summed E-state index contributed by atoms with van der Waals surface area (Å²) >= 11 is 0. The Morgan fingerprint density at radius 1 is 0.259 bits per heavy atom. The Bertz CT molecular complexity index is 3300. The summed E-state index contributed by atoms with van der Waals surface area (Å²) in [7, 11) is 0. The molecule has 4 heteroatoms. The molecule has 0 unspecified atom stereocenters. The number of pyridine rings is 4. The molecule has 0 amide bonds. The lowest BCUT2D eigenvalue weighted by molar-refractivity contribution is 1.33. The van der Waals surface area contributed by atoms with E-state index in [1.807, 2.05) is 48.8 Å². The number of fused-ring (bicyclic) bond motifs is 5. The van der Waals surface area contributed by atoms with E-state index in [2.05, 4.69) is 168 Å². The quantitative estimate of drug-likeness (QED) is 0.159. The van der Waals surface area contributed by atoms with Crippen LogP contribution in [0.2, 0.25) is 0 Å². The van der Waals surface area contributed by atoms with E-state index in [-0.39, 0.29) is 0 Å². The molecule has 270 valence electrons. The van der Waals surface area contributed by atoms with E-state index >= 15 is 0 Å². The van der Waals surface area contributed by atoms with Crippen molar-refractivity contribution >= 4 is 43.4 Å². The minimum Gasteiger partial charge on any atom is -0.256 e. The summed E-state index contributed by atoms with van der Waals surface area (Å²) in [5.41, 5.74) is 14.1. The number of hydrogen-bond acceptors (Lipinski definition) is 4. The molecule has 0 saturated heterocycles. The largest absolute Gasteiger partial charge is 0.256 e. The minimum absolute atomic E-state index is 0.861. The average Bonchev–Trinajstić information content (AvgIpc) is 3.31. The van der Waals surface area contributed by atoms with E-state index in [4.69, 9.17) is 9.97 Å². The molecule has 0 bridgehead atoms.